The average Bonchev–Trinajstić information content (AvgIpc) is 4.11. The Morgan fingerprint density at radius 1 is 0.516 bits per heavy atom. The fourth-order valence-electron chi connectivity index (χ4n) is 7.02. The normalized spacial score (nSPS) is 22.1. The maximum Gasteiger partial charge on any atom is 0.344 e. The Kier molecular flexibility index (Phi) is 13.5. The van der Waals surface area contributed by atoms with Gasteiger partial charge in [-0.15, -0.1) is 15.3 Å². The van der Waals surface area contributed by atoms with E-state index < -0.39 is 124 Å². The maximum atomic E-state index is 14.0. The first-order valence-electron chi connectivity index (χ1n) is 18.2. The molecule has 0 radical (unpaired) electrons. The molecule has 6 heterocycles. The lowest BCUT2D eigenvalue weighted by Gasteiger charge is -2.12. The van der Waals surface area contributed by atoms with Crippen molar-refractivity contribution in [3.8, 4) is 0 Å². The lowest BCUT2D eigenvalue weighted by Crippen LogP contribution is -2.15. The van der Waals surface area contributed by atoms with Crippen molar-refractivity contribution in [2.24, 2.45) is 0 Å². The van der Waals surface area contributed by atoms with Gasteiger partial charge in [0.05, 0.1) is 18.1 Å². The number of alkyl halides is 9. The minimum absolute atomic E-state index is 0.0855. The lowest BCUT2D eigenvalue weighted by atomic mass is 10.0. The molecule has 3 aromatic heterocycles. The van der Waals surface area contributed by atoms with Crippen molar-refractivity contribution < 1.29 is 69.5 Å². The predicted octanol–water partition coefficient (Wildman–Crippen LogP) is 7.92. The molecule has 3 aliphatic rings. The van der Waals surface area contributed by atoms with E-state index in [0.717, 1.165) is 20.1 Å². The van der Waals surface area contributed by atoms with Crippen LogP contribution in [0.4, 0.5) is 52.7 Å². The molecule has 3 aliphatic heterocycles. The van der Waals surface area contributed by atoms with E-state index in [9.17, 15) is 69.5 Å². The van der Waals surface area contributed by atoms with Gasteiger partial charge < -0.3 is 0 Å². The quantitative estimate of drug-likeness (QED) is 0.130. The molecule has 0 aliphatic carbocycles. The first-order valence-corrected chi connectivity index (χ1v) is 22.2. The Bertz CT molecular complexity index is 2710. The zero-order valence-electron chi connectivity index (χ0n) is 31.7. The summed E-state index contributed by atoms with van der Waals surface area (Å²) >= 11 is 0. The Labute approximate surface area is 357 Å². The molecule has 0 amide bonds. The van der Waals surface area contributed by atoms with Crippen LogP contribution in [0.5, 0.6) is 0 Å². The van der Waals surface area contributed by atoms with Gasteiger partial charge in [-0.05, 0) is 18.2 Å². The summed E-state index contributed by atoms with van der Waals surface area (Å²) in [6.07, 6.45) is -5.20. The molecule has 0 saturated heterocycles. The molecule has 9 rings (SSSR count). The average molecular weight is 974 g/mol. The van der Waals surface area contributed by atoms with E-state index in [-0.39, 0.29) is 47.6 Å². The molecule has 28 heteroatoms. The molecular formula is C36H27F12N9O4S3. The van der Waals surface area contributed by atoms with E-state index in [1.54, 1.807) is 12.1 Å². The summed E-state index contributed by atoms with van der Waals surface area (Å²) in [6.45, 7) is 0. The largest absolute Gasteiger partial charge is 0.344 e. The molecule has 0 bridgehead atoms. The van der Waals surface area contributed by atoms with Crippen LogP contribution in [0, 0.1) is 17.5 Å². The van der Waals surface area contributed by atoms with Crippen molar-refractivity contribution in [1.29, 1.82) is 0 Å². The highest BCUT2D eigenvalue weighted by Gasteiger charge is 2.42. The highest BCUT2D eigenvalue weighted by molar-refractivity contribution is 7.91. The second-order valence-electron chi connectivity index (χ2n) is 13.7. The third-order valence-electron chi connectivity index (χ3n) is 9.90. The second kappa shape index (κ2) is 18.5. The molecule has 342 valence electrons. The van der Waals surface area contributed by atoms with Gasteiger partial charge in [0.25, 0.3) is 15.0 Å². The number of rotatable bonds is 9. The molecule has 0 unspecified atom stereocenters. The summed E-state index contributed by atoms with van der Waals surface area (Å²) in [5.41, 5.74) is 0.478. The SMILES string of the molecule is O=S(=O)(c1nc2n(n1)[C@H](c1ccccc1F)C[C@@H]2F)C(F)F.O=[S@@](c1nc2n(n1)[C@H](c1ccccc1F)C[C@@H]2F)C(F)F.O=[S@](c1nc2n(n1)[C@H](c1ccccc1F)C[C@@H]2F)C(F)F. The third kappa shape index (κ3) is 8.94. The molecular weight excluding hydrogens is 947 g/mol. The number of hydrogen-bond donors (Lipinski definition) is 0. The predicted molar refractivity (Wildman–Crippen MR) is 197 cm³/mol. The van der Waals surface area contributed by atoms with E-state index in [0.29, 0.717) is 0 Å². The zero-order chi connectivity index (χ0) is 46.4. The number of benzene rings is 3. The summed E-state index contributed by atoms with van der Waals surface area (Å²) < 4.78 is 206. The standard InChI is InChI=1S/C12H9F4N3O2S.2C12H9F4N3OS/c13-7-4-2-1-3-6(7)9-5-8(14)10-17-12(18-19(9)10)22(20,21)11(15)16;2*13-7-4-2-1-3-6(7)9-5-8(14)10-17-12(18-19(9)10)21(20)11(15)16/h1-4,8-9,11H,5H2;2*1-4,8-9,11H,5H2/t8-,9-;8-,9-,21+;8-,9-,21-/m000/s1. The topological polar surface area (TPSA) is 160 Å². The second-order valence-corrected chi connectivity index (χ2v) is 18.2. The minimum Gasteiger partial charge on any atom is -0.245 e. The molecule has 0 N–H and O–H groups in total. The smallest absolute Gasteiger partial charge is 0.245 e. The summed E-state index contributed by atoms with van der Waals surface area (Å²) in [4.78, 5) is 10.5. The maximum absolute atomic E-state index is 14.0. The number of fused-ring (bicyclic) bond motifs is 3. The molecule has 6 aromatic rings. The summed E-state index contributed by atoms with van der Waals surface area (Å²) in [5.74, 6) is -12.5. The van der Waals surface area contributed by atoms with Gasteiger partial charge in [0.15, 0.2) is 57.6 Å². The molecule has 0 fully saturated rings. The zero-order valence-corrected chi connectivity index (χ0v) is 34.1. The van der Waals surface area contributed by atoms with Gasteiger partial charge in [-0.1, -0.05) is 54.6 Å². The van der Waals surface area contributed by atoms with E-state index in [1.165, 1.54) is 54.6 Å². The van der Waals surface area contributed by atoms with Crippen LogP contribution < -0.4 is 0 Å². The van der Waals surface area contributed by atoms with E-state index >= 15 is 0 Å². The Balaban J connectivity index is 0.000000144. The summed E-state index contributed by atoms with van der Waals surface area (Å²) in [5, 5.41) is 8.40. The van der Waals surface area contributed by atoms with Crippen molar-refractivity contribution in [2.45, 2.75) is 88.6 Å². The number of nitrogens with zero attached hydrogens (tertiary/aromatic N) is 9. The van der Waals surface area contributed by atoms with Crippen molar-refractivity contribution in [3.63, 3.8) is 0 Å². The van der Waals surface area contributed by atoms with Crippen LogP contribution in [0.15, 0.2) is 88.3 Å². The van der Waals surface area contributed by atoms with Gasteiger partial charge in [0.2, 0.25) is 10.3 Å². The third-order valence-corrected chi connectivity index (χ3v) is 12.8. The fourth-order valence-corrected chi connectivity index (χ4v) is 8.62. The first-order chi connectivity index (χ1) is 30.3. The van der Waals surface area contributed by atoms with E-state index in [2.05, 4.69) is 30.2 Å². The first kappa shape index (κ1) is 46.5. The number of halogens is 12. The van der Waals surface area contributed by atoms with Gasteiger partial charge in [-0.2, -0.15) is 31.3 Å². The molecule has 64 heavy (non-hydrogen) atoms. The summed E-state index contributed by atoms with van der Waals surface area (Å²) in [6, 6.07) is 14.5. The van der Waals surface area contributed by atoms with Crippen LogP contribution in [0.25, 0.3) is 0 Å². The molecule has 3 aromatic carbocycles. The van der Waals surface area contributed by atoms with Gasteiger partial charge in [-0.3, -0.25) is 0 Å². The molecule has 0 spiro atoms. The van der Waals surface area contributed by atoms with Crippen LogP contribution in [0.3, 0.4) is 0 Å². The lowest BCUT2D eigenvalue weighted by molar-refractivity contribution is 0.233. The van der Waals surface area contributed by atoms with Crippen LogP contribution in [-0.4, -0.2) is 78.4 Å². The van der Waals surface area contributed by atoms with Gasteiger partial charge in [-0.25, -0.2) is 67.2 Å². The minimum atomic E-state index is -5.03. The Morgan fingerprint density at radius 3 is 1.14 bits per heavy atom. The van der Waals surface area contributed by atoms with E-state index in [4.69, 9.17) is 0 Å². The monoisotopic (exact) mass is 973 g/mol. The fraction of sp³-hybridized carbons (Fsp3) is 0.333. The number of aromatic nitrogens is 9. The van der Waals surface area contributed by atoms with Crippen LogP contribution in [0.1, 0.15) is 90.1 Å². The highest BCUT2D eigenvalue weighted by atomic mass is 32.2. The van der Waals surface area contributed by atoms with Crippen molar-refractivity contribution >= 4 is 31.4 Å². The van der Waals surface area contributed by atoms with E-state index in [1.807, 2.05) is 0 Å². The van der Waals surface area contributed by atoms with Crippen molar-refractivity contribution in [2.75, 3.05) is 0 Å². The van der Waals surface area contributed by atoms with Crippen molar-refractivity contribution in [3.05, 3.63) is 124 Å². The van der Waals surface area contributed by atoms with Gasteiger partial charge in [0, 0.05) is 36.0 Å². The Morgan fingerprint density at radius 2 is 0.828 bits per heavy atom. The Hall–Kier alpha value is -5.51. The number of hydrogen-bond acceptors (Lipinski definition) is 10. The summed E-state index contributed by atoms with van der Waals surface area (Å²) in [7, 11) is -10.5. The molecule has 8 atom stereocenters. The van der Waals surface area contributed by atoms with Crippen LogP contribution >= 0.6 is 0 Å². The van der Waals surface area contributed by atoms with Crippen LogP contribution in [-0.2, 0) is 31.4 Å². The number of sulfone groups is 1. The van der Waals surface area contributed by atoms with Crippen LogP contribution in [0.2, 0.25) is 0 Å². The van der Waals surface area contributed by atoms with Crippen molar-refractivity contribution in [1.82, 2.24) is 44.3 Å². The molecule has 0 saturated carbocycles. The highest BCUT2D eigenvalue weighted by Crippen LogP contribution is 2.43. The van der Waals surface area contributed by atoms with Gasteiger partial charge >= 0.3 is 17.3 Å². The molecule has 13 nitrogen and oxygen atoms in total. The van der Waals surface area contributed by atoms with Gasteiger partial charge in [0.1, 0.15) is 17.5 Å².